The first-order chi connectivity index (χ1) is 12.2. The minimum Gasteiger partial charge on any atom is -0.452 e. The van der Waals surface area contributed by atoms with Crippen molar-refractivity contribution in [1.82, 2.24) is 4.98 Å². The number of esters is 1. The number of carbonyl (C=O) groups excluding carboxylic acids is 2. The van der Waals surface area contributed by atoms with Crippen LogP contribution in [0.1, 0.15) is 22.3 Å². The molecule has 0 saturated heterocycles. The quantitative estimate of drug-likeness (QED) is 0.678. The van der Waals surface area contributed by atoms with Crippen LogP contribution < -0.4 is 4.90 Å². The average molecular weight is 352 g/mol. The molecule has 5 nitrogen and oxygen atoms in total. The maximum atomic E-state index is 12.5. The fraction of sp³-hybridized carbons (Fsp3) is 0.211. The van der Waals surface area contributed by atoms with Crippen molar-refractivity contribution >= 4 is 39.1 Å². The Kier molecular flexibility index (Phi) is 4.19. The predicted molar refractivity (Wildman–Crippen MR) is 97.0 cm³/mol. The third kappa shape index (κ3) is 3.13. The Bertz CT molecular complexity index is 951. The van der Waals surface area contributed by atoms with E-state index >= 15 is 0 Å². The lowest BCUT2D eigenvalue weighted by atomic mass is 10.0. The second-order valence-corrected chi connectivity index (χ2v) is 6.77. The summed E-state index contributed by atoms with van der Waals surface area (Å²) in [5, 5.41) is 0. The van der Waals surface area contributed by atoms with Gasteiger partial charge in [-0.2, -0.15) is 0 Å². The van der Waals surface area contributed by atoms with E-state index in [-0.39, 0.29) is 12.5 Å². The van der Waals surface area contributed by atoms with E-state index in [0.717, 1.165) is 34.3 Å². The van der Waals surface area contributed by atoms with Crippen LogP contribution in [0.4, 0.5) is 5.69 Å². The largest absolute Gasteiger partial charge is 0.452 e. The van der Waals surface area contributed by atoms with E-state index < -0.39 is 5.97 Å². The van der Waals surface area contributed by atoms with Crippen LogP contribution in [0.5, 0.6) is 0 Å². The lowest BCUT2D eigenvalue weighted by Gasteiger charge is -2.29. The normalized spacial score (nSPS) is 13.5. The Morgan fingerprint density at radius 2 is 2.08 bits per heavy atom. The zero-order valence-electron chi connectivity index (χ0n) is 13.5. The number of thiazole rings is 1. The summed E-state index contributed by atoms with van der Waals surface area (Å²) in [6.45, 7) is 0.397. The molecule has 0 N–H and O–H groups in total. The second-order valence-electron chi connectivity index (χ2n) is 5.89. The number of ether oxygens (including phenoxy) is 1. The van der Waals surface area contributed by atoms with E-state index in [9.17, 15) is 9.59 Å². The van der Waals surface area contributed by atoms with Gasteiger partial charge in [0.25, 0.3) is 5.91 Å². The van der Waals surface area contributed by atoms with E-state index in [4.69, 9.17) is 4.74 Å². The number of fused-ring (bicyclic) bond motifs is 2. The number of anilines is 1. The number of nitrogens with zero attached hydrogens (tertiary/aromatic N) is 2. The minimum absolute atomic E-state index is 0.195. The van der Waals surface area contributed by atoms with Crippen LogP contribution in [0.3, 0.4) is 0 Å². The highest BCUT2D eigenvalue weighted by Gasteiger charge is 2.23. The molecule has 2 aromatic carbocycles. The molecule has 0 fully saturated rings. The van der Waals surface area contributed by atoms with Gasteiger partial charge in [-0.25, -0.2) is 9.78 Å². The van der Waals surface area contributed by atoms with E-state index in [1.54, 1.807) is 28.6 Å². The molecule has 25 heavy (non-hydrogen) atoms. The molecular formula is C19H16N2O3S. The van der Waals surface area contributed by atoms with Gasteiger partial charge in [-0.15, -0.1) is 11.3 Å². The van der Waals surface area contributed by atoms with Crippen molar-refractivity contribution in [1.29, 1.82) is 0 Å². The van der Waals surface area contributed by atoms with Gasteiger partial charge in [0, 0.05) is 12.2 Å². The molecule has 6 heteroatoms. The lowest BCUT2D eigenvalue weighted by Crippen LogP contribution is -2.38. The predicted octanol–water partition coefficient (Wildman–Crippen LogP) is 3.43. The first-order valence-corrected chi connectivity index (χ1v) is 8.99. The highest BCUT2D eigenvalue weighted by atomic mass is 32.1. The van der Waals surface area contributed by atoms with Crippen molar-refractivity contribution in [3.8, 4) is 0 Å². The number of para-hydroxylation sites is 1. The zero-order chi connectivity index (χ0) is 17.2. The number of rotatable bonds is 3. The molecule has 4 rings (SSSR count). The number of carbonyl (C=O) groups is 2. The summed E-state index contributed by atoms with van der Waals surface area (Å²) in [5.74, 6) is -0.687. The van der Waals surface area contributed by atoms with Crippen LogP contribution in [0, 0.1) is 0 Å². The molecule has 3 aromatic rings. The molecule has 0 radical (unpaired) electrons. The number of amides is 1. The van der Waals surface area contributed by atoms with Gasteiger partial charge in [-0.05, 0) is 42.7 Å². The van der Waals surface area contributed by atoms with Crippen LogP contribution in [0.2, 0.25) is 0 Å². The van der Waals surface area contributed by atoms with Crippen molar-refractivity contribution in [2.24, 2.45) is 0 Å². The smallest absolute Gasteiger partial charge is 0.338 e. The molecular weight excluding hydrogens is 336 g/mol. The maximum Gasteiger partial charge on any atom is 0.338 e. The summed E-state index contributed by atoms with van der Waals surface area (Å²) in [6.07, 6.45) is 1.88. The van der Waals surface area contributed by atoms with Gasteiger partial charge in [0.1, 0.15) is 0 Å². The molecule has 1 aliphatic rings. The van der Waals surface area contributed by atoms with Gasteiger partial charge >= 0.3 is 5.97 Å². The maximum absolute atomic E-state index is 12.5. The third-order valence-corrected chi connectivity index (χ3v) is 5.10. The van der Waals surface area contributed by atoms with Crippen molar-refractivity contribution in [2.75, 3.05) is 18.1 Å². The van der Waals surface area contributed by atoms with Crippen molar-refractivity contribution in [2.45, 2.75) is 12.8 Å². The van der Waals surface area contributed by atoms with Gasteiger partial charge in [-0.1, -0.05) is 18.2 Å². The number of aryl methyl sites for hydroxylation is 1. The first kappa shape index (κ1) is 15.8. The second kappa shape index (κ2) is 6.64. The zero-order valence-corrected chi connectivity index (χ0v) is 14.3. The Morgan fingerprint density at radius 1 is 1.20 bits per heavy atom. The van der Waals surface area contributed by atoms with Crippen molar-refractivity contribution < 1.29 is 14.3 Å². The van der Waals surface area contributed by atoms with Crippen molar-refractivity contribution in [3.63, 3.8) is 0 Å². The molecule has 1 aliphatic heterocycles. The number of aromatic nitrogens is 1. The van der Waals surface area contributed by atoms with E-state index in [2.05, 4.69) is 4.98 Å². The van der Waals surface area contributed by atoms with Gasteiger partial charge in [-0.3, -0.25) is 4.79 Å². The van der Waals surface area contributed by atoms with E-state index in [1.165, 1.54) is 11.3 Å². The Labute approximate surface area is 148 Å². The van der Waals surface area contributed by atoms with E-state index in [0.29, 0.717) is 12.1 Å². The highest BCUT2D eigenvalue weighted by Crippen LogP contribution is 2.26. The minimum atomic E-state index is -0.492. The Hall–Kier alpha value is -2.73. The fourth-order valence-electron chi connectivity index (χ4n) is 3.06. The summed E-state index contributed by atoms with van der Waals surface area (Å²) in [6, 6.07) is 13.1. The van der Waals surface area contributed by atoms with Crippen LogP contribution in [-0.4, -0.2) is 30.0 Å². The summed E-state index contributed by atoms with van der Waals surface area (Å²) in [4.78, 5) is 30.6. The molecule has 0 saturated carbocycles. The number of hydrogen-bond donors (Lipinski definition) is 0. The Balaban J connectivity index is 1.44. The third-order valence-electron chi connectivity index (χ3n) is 4.31. The molecule has 0 bridgehead atoms. The Morgan fingerprint density at radius 3 is 3.00 bits per heavy atom. The molecule has 126 valence electrons. The summed E-state index contributed by atoms with van der Waals surface area (Å²) in [5.41, 5.74) is 5.09. The topological polar surface area (TPSA) is 59.5 Å². The summed E-state index contributed by atoms with van der Waals surface area (Å²) < 4.78 is 6.16. The average Bonchev–Trinajstić information content (AvgIpc) is 3.13. The lowest BCUT2D eigenvalue weighted by molar-refractivity contribution is -0.121. The highest BCUT2D eigenvalue weighted by molar-refractivity contribution is 7.16. The van der Waals surface area contributed by atoms with Crippen LogP contribution in [0.25, 0.3) is 10.2 Å². The van der Waals surface area contributed by atoms with E-state index in [1.807, 2.05) is 24.3 Å². The summed E-state index contributed by atoms with van der Waals surface area (Å²) >= 11 is 1.46. The fourth-order valence-corrected chi connectivity index (χ4v) is 3.78. The standard InChI is InChI=1S/C19H16N2O3S/c22-18(21-9-3-5-13-4-1-2-6-16(13)21)11-24-19(23)14-7-8-15-17(10-14)25-12-20-15/h1-2,4,6-8,10,12H,3,5,9,11H2. The first-order valence-electron chi connectivity index (χ1n) is 8.11. The van der Waals surface area contributed by atoms with Gasteiger partial charge in [0.15, 0.2) is 6.61 Å². The molecule has 1 amide bonds. The van der Waals surface area contributed by atoms with Crippen molar-refractivity contribution in [3.05, 3.63) is 59.1 Å². The number of hydrogen-bond acceptors (Lipinski definition) is 5. The monoisotopic (exact) mass is 352 g/mol. The molecule has 1 aromatic heterocycles. The summed E-state index contributed by atoms with van der Waals surface area (Å²) in [7, 11) is 0. The van der Waals surface area contributed by atoms with Crippen LogP contribution >= 0.6 is 11.3 Å². The molecule has 2 heterocycles. The molecule has 0 aliphatic carbocycles. The molecule has 0 atom stereocenters. The van der Waals surface area contributed by atoms with Gasteiger partial charge in [0.05, 0.1) is 21.3 Å². The number of benzene rings is 2. The van der Waals surface area contributed by atoms with Crippen LogP contribution in [-0.2, 0) is 16.0 Å². The van der Waals surface area contributed by atoms with Crippen LogP contribution in [0.15, 0.2) is 48.0 Å². The molecule has 0 unspecified atom stereocenters. The SMILES string of the molecule is O=C(OCC(=O)N1CCCc2ccccc21)c1ccc2ncsc2c1. The molecule has 0 spiro atoms. The van der Waals surface area contributed by atoms with Gasteiger partial charge < -0.3 is 9.64 Å². The van der Waals surface area contributed by atoms with Gasteiger partial charge in [0.2, 0.25) is 0 Å².